The zero-order valence-corrected chi connectivity index (χ0v) is 15.9. The van der Waals surface area contributed by atoms with Crippen LogP contribution in [0.5, 0.6) is 0 Å². The number of carbonyl (C=O) groups excluding carboxylic acids is 1. The van der Waals surface area contributed by atoms with E-state index in [2.05, 4.69) is 10.2 Å². The maximum atomic E-state index is 13.1. The third-order valence-electron chi connectivity index (χ3n) is 6.26. The van der Waals surface area contributed by atoms with Gasteiger partial charge in [-0.05, 0) is 43.5 Å². The Morgan fingerprint density at radius 2 is 2.08 bits per heavy atom. The third-order valence-corrected chi connectivity index (χ3v) is 6.26. The van der Waals surface area contributed by atoms with Crippen LogP contribution in [0.3, 0.4) is 0 Å². The molecule has 1 aromatic rings. The Kier molecular flexibility index (Phi) is 5.26. The molecule has 1 aromatic carbocycles. The Labute approximate surface area is 155 Å². The average molecular weight is 363 g/mol. The standard InChI is InChI=1S/C20H30FN3O2/c1-4-26-17-11-20(22,19(17,2)3)18(25)23-12-14-9-10-24(13-14)16-7-5-15(21)6-8-16/h5-8,14,17H,4,9-13,22H2,1-3H3,(H,23,25). The molecular formula is C20H30FN3O2. The highest BCUT2D eigenvalue weighted by molar-refractivity contribution is 5.88. The minimum atomic E-state index is -0.873. The molecule has 0 spiro atoms. The van der Waals surface area contributed by atoms with E-state index in [0.29, 0.717) is 25.5 Å². The molecule has 0 radical (unpaired) electrons. The van der Waals surface area contributed by atoms with Crippen molar-refractivity contribution in [2.45, 2.75) is 45.3 Å². The monoisotopic (exact) mass is 363 g/mol. The summed E-state index contributed by atoms with van der Waals surface area (Å²) in [6.45, 7) is 8.98. The number of anilines is 1. The number of ether oxygens (including phenoxy) is 1. The van der Waals surface area contributed by atoms with Crippen molar-refractivity contribution < 1.29 is 13.9 Å². The van der Waals surface area contributed by atoms with E-state index >= 15 is 0 Å². The van der Waals surface area contributed by atoms with Crippen LogP contribution in [0.2, 0.25) is 0 Å². The number of nitrogens with two attached hydrogens (primary N) is 1. The number of hydrogen-bond donors (Lipinski definition) is 2. The number of hydrogen-bond acceptors (Lipinski definition) is 4. The van der Waals surface area contributed by atoms with Crippen molar-refractivity contribution in [2.24, 2.45) is 17.1 Å². The van der Waals surface area contributed by atoms with Crippen LogP contribution in [0.1, 0.15) is 33.6 Å². The quantitative estimate of drug-likeness (QED) is 0.814. The summed E-state index contributed by atoms with van der Waals surface area (Å²) in [7, 11) is 0. The SMILES string of the molecule is CCOC1CC(N)(C(=O)NCC2CCN(c3ccc(F)cc3)C2)C1(C)C. The Morgan fingerprint density at radius 3 is 2.69 bits per heavy atom. The van der Waals surface area contributed by atoms with Crippen LogP contribution in [0.25, 0.3) is 0 Å². The lowest BCUT2D eigenvalue weighted by molar-refractivity contribution is -0.170. The first-order valence-electron chi connectivity index (χ1n) is 9.47. The van der Waals surface area contributed by atoms with Gasteiger partial charge in [0, 0.05) is 43.8 Å². The first-order chi connectivity index (χ1) is 12.3. The van der Waals surface area contributed by atoms with E-state index in [1.54, 1.807) is 12.1 Å². The molecule has 1 amide bonds. The van der Waals surface area contributed by atoms with Crippen molar-refractivity contribution in [2.75, 3.05) is 31.1 Å². The molecule has 3 rings (SSSR count). The van der Waals surface area contributed by atoms with Crippen LogP contribution in [0, 0.1) is 17.2 Å². The van der Waals surface area contributed by atoms with Gasteiger partial charge in [0.15, 0.2) is 0 Å². The molecule has 2 aliphatic rings. The molecule has 1 heterocycles. The Bertz CT molecular complexity index is 649. The van der Waals surface area contributed by atoms with Crippen molar-refractivity contribution in [3.8, 4) is 0 Å². The highest BCUT2D eigenvalue weighted by Crippen LogP contribution is 2.49. The van der Waals surface area contributed by atoms with Gasteiger partial charge in [0.25, 0.3) is 0 Å². The van der Waals surface area contributed by atoms with Gasteiger partial charge < -0.3 is 20.7 Å². The fourth-order valence-electron chi connectivity index (χ4n) is 4.10. The summed E-state index contributed by atoms with van der Waals surface area (Å²) in [4.78, 5) is 14.9. The van der Waals surface area contributed by atoms with Gasteiger partial charge in [-0.25, -0.2) is 4.39 Å². The van der Waals surface area contributed by atoms with Crippen LogP contribution in [0.15, 0.2) is 24.3 Å². The molecule has 3 atom stereocenters. The molecule has 144 valence electrons. The number of amides is 1. The van der Waals surface area contributed by atoms with Crippen molar-refractivity contribution in [3.63, 3.8) is 0 Å². The number of benzene rings is 1. The van der Waals surface area contributed by atoms with E-state index in [1.807, 2.05) is 20.8 Å². The molecule has 1 saturated carbocycles. The lowest BCUT2D eigenvalue weighted by Gasteiger charge is -2.57. The largest absolute Gasteiger partial charge is 0.378 e. The first kappa shape index (κ1) is 19.1. The predicted octanol–water partition coefficient (Wildman–Crippen LogP) is 2.30. The molecule has 1 aliphatic carbocycles. The van der Waals surface area contributed by atoms with E-state index in [4.69, 9.17) is 10.5 Å². The fraction of sp³-hybridized carbons (Fsp3) is 0.650. The number of rotatable bonds is 6. The van der Waals surface area contributed by atoms with Crippen LogP contribution in [-0.2, 0) is 9.53 Å². The molecule has 0 bridgehead atoms. The zero-order chi connectivity index (χ0) is 18.9. The maximum absolute atomic E-state index is 13.1. The molecule has 5 nitrogen and oxygen atoms in total. The molecule has 1 saturated heterocycles. The summed E-state index contributed by atoms with van der Waals surface area (Å²) in [5.74, 6) is 0.0654. The molecule has 2 fully saturated rings. The van der Waals surface area contributed by atoms with Gasteiger partial charge in [-0.1, -0.05) is 13.8 Å². The molecule has 6 heteroatoms. The van der Waals surface area contributed by atoms with Gasteiger partial charge in [0.2, 0.25) is 5.91 Å². The lowest BCUT2D eigenvalue weighted by Crippen LogP contribution is -2.75. The number of halogens is 1. The number of nitrogens with zero attached hydrogens (tertiary/aromatic N) is 1. The number of carbonyl (C=O) groups is 1. The van der Waals surface area contributed by atoms with E-state index in [0.717, 1.165) is 25.2 Å². The highest BCUT2D eigenvalue weighted by Gasteiger charge is 2.62. The second-order valence-corrected chi connectivity index (χ2v) is 8.13. The van der Waals surface area contributed by atoms with Crippen LogP contribution < -0.4 is 16.0 Å². The summed E-state index contributed by atoms with van der Waals surface area (Å²) in [6.07, 6.45) is 1.59. The van der Waals surface area contributed by atoms with Gasteiger partial charge in [0.05, 0.1) is 6.10 Å². The van der Waals surface area contributed by atoms with Gasteiger partial charge in [-0.2, -0.15) is 0 Å². The van der Waals surface area contributed by atoms with Crippen LogP contribution in [0.4, 0.5) is 10.1 Å². The molecule has 1 aliphatic heterocycles. The topological polar surface area (TPSA) is 67.6 Å². The molecule has 3 unspecified atom stereocenters. The molecular weight excluding hydrogens is 333 g/mol. The van der Waals surface area contributed by atoms with E-state index < -0.39 is 5.54 Å². The van der Waals surface area contributed by atoms with Crippen LogP contribution in [-0.4, -0.2) is 43.8 Å². The minimum Gasteiger partial charge on any atom is -0.378 e. The normalized spacial score (nSPS) is 30.1. The first-order valence-corrected chi connectivity index (χ1v) is 9.47. The maximum Gasteiger partial charge on any atom is 0.240 e. The van der Waals surface area contributed by atoms with E-state index in [9.17, 15) is 9.18 Å². The molecule has 0 aromatic heterocycles. The third kappa shape index (κ3) is 3.32. The molecule has 3 N–H and O–H groups in total. The smallest absolute Gasteiger partial charge is 0.240 e. The van der Waals surface area contributed by atoms with Gasteiger partial charge in [-0.15, -0.1) is 0 Å². The van der Waals surface area contributed by atoms with Gasteiger partial charge in [0.1, 0.15) is 11.4 Å². The van der Waals surface area contributed by atoms with Crippen molar-refractivity contribution in [1.29, 1.82) is 0 Å². The van der Waals surface area contributed by atoms with Crippen molar-refractivity contribution >= 4 is 11.6 Å². The van der Waals surface area contributed by atoms with Crippen molar-refractivity contribution in [3.05, 3.63) is 30.1 Å². The Morgan fingerprint density at radius 1 is 1.38 bits per heavy atom. The predicted molar refractivity (Wildman–Crippen MR) is 100 cm³/mol. The minimum absolute atomic E-state index is 0.0312. The lowest BCUT2D eigenvalue weighted by atomic mass is 9.54. The number of nitrogens with one attached hydrogen (secondary N) is 1. The summed E-state index contributed by atoms with van der Waals surface area (Å²) >= 11 is 0. The Balaban J connectivity index is 1.50. The summed E-state index contributed by atoms with van der Waals surface area (Å²) in [5, 5.41) is 3.06. The van der Waals surface area contributed by atoms with Crippen molar-refractivity contribution in [1.82, 2.24) is 5.32 Å². The summed E-state index contributed by atoms with van der Waals surface area (Å²) < 4.78 is 18.8. The molecule has 26 heavy (non-hydrogen) atoms. The zero-order valence-electron chi connectivity index (χ0n) is 15.9. The van der Waals surface area contributed by atoms with Gasteiger partial charge >= 0.3 is 0 Å². The van der Waals surface area contributed by atoms with E-state index in [-0.39, 0.29) is 23.2 Å². The summed E-state index contributed by atoms with van der Waals surface area (Å²) in [6, 6.07) is 6.57. The fourth-order valence-corrected chi connectivity index (χ4v) is 4.10. The average Bonchev–Trinajstić information content (AvgIpc) is 3.09. The Hall–Kier alpha value is -1.66. The van der Waals surface area contributed by atoms with Gasteiger partial charge in [-0.3, -0.25) is 4.79 Å². The second-order valence-electron chi connectivity index (χ2n) is 8.13. The summed E-state index contributed by atoms with van der Waals surface area (Å²) in [5.41, 5.74) is 6.20. The van der Waals surface area contributed by atoms with E-state index in [1.165, 1.54) is 12.1 Å². The highest BCUT2D eigenvalue weighted by atomic mass is 19.1. The second kappa shape index (κ2) is 7.16. The van der Waals surface area contributed by atoms with Crippen LogP contribution >= 0.6 is 0 Å².